The van der Waals surface area contributed by atoms with Gasteiger partial charge in [-0.15, -0.1) is 0 Å². The molecule has 1 aromatic carbocycles. The lowest BCUT2D eigenvalue weighted by Gasteiger charge is -2.36. The molecular weight excluding hydrogens is 366 g/mol. The molecule has 2 aliphatic heterocycles. The van der Waals surface area contributed by atoms with Gasteiger partial charge in [0.05, 0.1) is 0 Å². The Morgan fingerprint density at radius 3 is 2.54 bits per heavy atom. The lowest BCUT2D eigenvalue weighted by molar-refractivity contribution is 0.142. The van der Waals surface area contributed by atoms with Gasteiger partial charge >= 0.3 is 6.03 Å². The molecule has 0 aromatic heterocycles. The van der Waals surface area contributed by atoms with Crippen LogP contribution in [0.5, 0.6) is 0 Å². The number of nitrogens with one attached hydrogen (secondary N) is 1. The van der Waals surface area contributed by atoms with Crippen molar-refractivity contribution in [3.63, 3.8) is 0 Å². The van der Waals surface area contributed by atoms with Crippen molar-refractivity contribution in [2.45, 2.75) is 39.0 Å². The number of likely N-dealkylation sites (tertiary alicyclic amines) is 2. The third-order valence-corrected chi connectivity index (χ3v) is 6.17. The van der Waals surface area contributed by atoms with E-state index in [4.69, 9.17) is 0 Å². The molecule has 0 saturated carbocycles. The van der Waals surface area contributed by atoms with Crippen molar-refractivity contribution in [3.05, 3.63) is 28.2 Å². The van der Waals surface area contributed by atoms with Gasteiger partial charge in [-0.25, -0.2) is 4.79 Å². The second kappa shape index (κ2) is 8.34. The SMILES string of the molecule is Cc1cc(NC(=O)N2CCC(CN3CCCCC3)CC2)ccc1Br. The zero-order chi connectivity index (χ0) is 16.9. The molecule has 0 atom stereocenters. The highest BCUT2D eigenvalue weighted by Crippen LogP contribution is 2.23. The number of aryl methyl sites for hydroxylation is 1. The molecule has 2 saturated heterocycles. The molecule has 1 N–H and O–H groups in total. The molecule has 4 nitrogen and oxygen atoms in total. The number of hydrogen-bond acceptors (Lipinski definition) is 2. The number of urea groups is 1. The Balaban J connectivity index is 1.45. The molecule has 1 aromatic rings. The van der Waals surface area contributed by atoms with Gasteiger partial charge < -0.3 is 15.1 Å². The highest BCUT2D eigenvalue weighted by Gasteiger charge is 2.24. The number of rotatable bonds is 3. The highest BCUT2D eigenvalue weighted by molar-refractivity contribution is 9.10. The lowest BCUT2D eigenvalue weighted by atomic mass is 9.95. The van der Waals surface area contributed by atoms with Crippen molar-refractivity contribution in [3.8, 4) is 0 Å². The maximum atomic E-state index is 12.5. The molecule has 132 valence electrons. The molecule has 2 heterocycles. The average molecular weight is 394 g/mol. The first-order chi connectivity index (χ1) is 11.6. The summed E-state index contributed by atoms with van der Waals surface area (Å²) in [5.41, 5.74) is 2.00. The number of carbonyl (C=O) groups is 1. The number of piperidine rings is 2. The fraction of sp³-hybridized carbons (Fsp3) is 0.632. The molecule has 0 spiro atoms. The first-order valence-corrected chi connectivity index (χ1v) is 9.95. The summed E-state index contributed by atoms with van der Waals surface area (Å²) in [5, 5.41) is 3.03. The summed E-state index contributed by atoms with van der Waals surface area (Å²) in [6, 6.07) is 5.96. The van der Waals surface area contributed by atoms with E-state index in [1.54, 1.807) is 0 Å². The van der Waals surface area contributed by atoms with Gasteiger partial charge in [-0.1, -0.05) is 22.4 Å². The predicted molar refractivity (Wildman–Crippen MR) is 102 cm³/mol. The van der Waals surface area contributed by atoms with Gasteiger partial charge in [-0.05, 0) is 75.4 Å². The Morgan fingerprint density at radius 2 is 1.88 bits per heavy atom. The van der Waals surface area contributed by atoms with Crippen molar-refractivity contribution in [1.29, 1.82) is 0 Å². The predicted octanol–water partition coefficient (Wildman–Crippen LogP) is 4.49. The van der Waals surface area contributed by atoms with E-state index in [-0.39, 0.29) is 6.03 Å². The highest BCUT2D eigenvalue weighted by atomic mass is 79.9. The van der Waals surface area contributed by atoms with E-state index >= 15 is 0 Å². The van der Waals surface area contributed by atoms with Crippen LogP contribution in [0.4, 0.5) is 10.5 Å². The number of benzene rings is 1. The van der Waals surface area contributed by atoms with Crippen molar-refractivity contribution < 1.29 is 4.79 Å². The first-order valence-electron chi connectivity index (χ1n) is 9.16. The topological polar surface area (TPSA) is 35.6 Å². The van der Waals surface area contributed by atoms with Gasteiger partial charge in [0.25, 0.3) is 0 Å². The summed E-state index contributed by atoms with van der Waals surface area (Å²) >= 11 is 3.49. The molecule has 3 rings (SSSR count). The van der Waals surface area contributed by atoms with Gasteiger partial charge in [0.2, 0.25) is 0 Å². The summed E-state index contributed by atoms with van der Waals surface area (Å²) in [6.07, 6.45) is 6.36. The van der Waals surface area contributed by atoms with Gasteiger partial charge in [-0.2, -0.15) is 0 Å². The maximum absolute atomic E-state index is 12.5. The van der Waals surface area contributed by atoms with Crippen LogP contribution in [0.2, 0.25) is 0 Å². The fourth-order valence-electron chi connectivity index (χ4n) is 3.75. The van der Waals surface area contributed by atoms with Crippen LogP contribution in [0.3, 0.4) is 0 Å². The van der Waals surface area contributed by atoms with Gasteiger partial charge in [0.15, 0.2) is 0 Å². The summed E-state index contributed by atoms with van der Waals surface area (Å²) in [5.74, 6) is 0.752. The minimum Gasteiger partial charge on any atom is -0.325 e. The van der Waals surface area contributed by atoms with Gasteiger partial charge in [0.1, 0.15) is 0 Å². The van der Waals surface area contributed by atoms with Crippen LogP contribution in [-0.2, 0) is 0 Å². The number of carbonyl (C=O) groups excluding carboxylic acids is 1. The first kappa shape index (κ1) is 17.7. The molecule has 2 fully saturated rings. The zero-order valence-corrected chi connectivity index (χ0v) is 16.1. The van der Waals surface area contributed by atoms with E-state index in [0.717, 1.165) is 47.6 Å². The van der Waals surface area contributed by atoms with Crippen LogP contribution in [0, 0.1) is 12.8 Å². The number of hydrogen-bond donors (Lipinski definition) is 1. The van der Waals surface area contributed by atoms with Crippen molar-refractivity contribution in [2.24, 2.45) is 5.92 Å². The molecule has 0 radical (unpaired) electrons. The van der Waals surface area contributed by atoms with E-state index in [1.807, 2.05) is 30.0 Å². The largest absolute Gasteiger partial charge is 0.325 e. The molecule has 0 aliphatic carbocycles. The van der Waals surface area contributed by atoms with Crippen LogP contribution >= 0.6 is 15.9 Å². The van der Waals surface area contributed by atoms with Crippen molar-refractivity contribution >= 4 is 27.6 Å². The molecule has 24 heavy (non-hydrogen) atoms. The van der Waals surface area contributed by atoms with E-state index in [2.05, 4.69) is 26.1 Å². The third kappa shape index (κ3) is 4.73. The van der Waals surface area contributed by atoms with Crippen LogP contribution < -0.4 is 5.32 Å². The Morgan fingerprint density at radius 1 is 1.17 bits per heavy atom. The van der Waals surface area contributed by atoms with Crippen molar-refractivity contribution in [1.82, 2.24) is 9.80 Å². The van der Waals surface area contributed by atoms with Gasteiger partial charge in [-0.3, -0.25) is 0 Å². The summed E-state index contributed by atoms with van der Waals surface area (Å²) in [6.45, 7) is 7.54. The van der Waals surface area contributed by atoms with E-state index in [0.29, 0.717) is 0 Å². The molecular formula is C19H28BrN3O. The van der Waals surface area contributed by atoms with Crippen molar-refractivity contribution in [2.75, 3.05) is 38.0 Å². The third-order valence-electron chi connectivity index (χ3n) is 5.28. The molecule has 5 heteroatoms. The van der Waals surface area contributed by atoms with E-state index < -0.39 is 0 Å². The molecule has 2 aliphatic rings. The Hall–Kier alpha value is -1.07. The lowest BCUT2D eigenvalue weighted by Crippen LogP contribution is -2.44. The number of anilines is 1. The fourth-order valence-corrected chi connectivity index (χ4v) is 4.00. The van der Waals surface area contributed by atoms with Crippen LogP contribution in [-0.4, -0.2) is 48.6 Å². The quantitative estimate of drug-likeness (QED) is 0.820. The van der Waals surface area contributed by atoms with E-state index in [1.165, 1.54) is 38.9 Å². The second-order valence-electron chi connectivity index (χ2n) is 7.19. The summed E-state index contributed by atoms with van der Waals surface area (Å²) < 4.78 is 1.07. The molecule has 0 unspecified atom stereocenters. The summed E-state index contributed by atoms with van der Waals surface area (Å²) in [4.78, 5) is 17.0. The van der Waals surface area contributed by atoms with Crippen LogP contribution in [0.15, 0.2) is 22.7 Å². The summed E-state index contributed by atoms with van der Waals surface area (Å²) in [7, 11) is 0. The minimum atomic E-state index is 0.0353. The average Bonchev–Trinajstić information content (AvgIpc) is 2.60. The van der Waals surface area contributed by atoms with Crippen LogP contribution in [0.25, 0.3) is 0 Å². The normalized spacial score (nSPS) is 20.2. The Bertz CT molecular complexity index is 564. The monoisotopic (exact) mass is 393 g/mol. The molecule has 2 amide bonds. The Labute approximate surface area is 153 Å². The number of amides is 2. The van der Waals surface area contributed by atoms with Gasteiger partial charge in [0, 0.05) is 29.8 Å². The minimum absolute atomic E-state index is 0.0353. The maximum Gasteiger partial charge on any atom is 0.321 e. The zero-order valence-electron chi connectivity index (χ0n) is 14.6. The smallest absolute Gasteiger partial charge is 0.321 e. The van der Waals surface area contributed by atoms with E-state index in [9.17, 15) is 4.79 Å². The second-order valence-corrected chi connectivity index (χ2v) is 8.04. The van der Waals surface area contributed by atoms with Crippen LogP contribution in [0.1, 0.15) is 37.7 Å². The standard InChI is InChI=1S/C19H28BrN3O/c1-15-13-17(5-6-18(15)20)21-19(24)23-11-7-16(8-12-23)14-22-9-3-2-4-10-22/h5-6,13,16H,2-4,7-12,14H2,1H3,(H,21,24). The number of halogens is 1. The Kier molecular flexibility index (Phi) is 6.17. The molecule has 0 bridgehead atoms. The number of nitrogens with zero attached hydrogens (tertiary/aromatic N) is 2.